The number of nitrogens with two attached hydrogens (primary N) is 1. The average Bonchev–Trinajstić information content (AvgIpc) is 2.46. The minimum atomic E-state index is 0.0727. The van der Waals surface area contributed by atoms with Crippen molar-refractivity contribution in [2.75, 3.05) is 18.5 Å². The van der Waals surface area contributed by atoms with Gasteiger partial charge in [-0.2, -0.15) is 0 Å². The van der Waals surface area contributed by atoms with E-state index in [2.05, 4.69) is 19.3 Å². The molecule has 0 aliphatic carbocycles. The highest BCUT2D eigenvalue weighted by atomic mass is 16.2. The first-order valence-corrected chi connectivity index (χ1v) is 7.50. The van der Waals surface area contributed by atoms with Crippen LogP contribution in [0.4, 0.5) is 5.69 Å². The van der Waals surface area contributed by atoms with Gasteiger partial charge in [-0.25, -0.2) is 0 Å². The van der Waals surface area contributed by atoms with Gasteiger partial charge in [0.05, 0.1) is 11.3 Å². The maximum atomic E-state index is 12.7. The van der Waals surface area contributed by atoms with Crippen LogP contribution < -0.4 is 11.3 Å². The van der Waals surface area contributed by atoms with Crippen LogP contribution in [0.25, 0.3) is 0 Å². The minimum Gasteiger partial charge on any atom is -0.339 e. The van der Waals surface area contributed by atoms with Crippen LogP contribution in [-0.4, -0.2) is 23.9 Å². The van der Waals surface area contributed by atoms with Crippen molar-refractivity contribution in [1.29, 1.82) is 0 Å². The van der Waals surface area contributed by atoms with E-state index in [4.69, 9.17) is 5.84 Å². The molecule has 0 bridgehead atoms. The predicted octanol–water partition coefficient (Wildman–Crippen LogP) is 3.32. The van der Waals surface area contributed by atoms with Crippen molar-refractivity contribution in [2.45, 2.75) is 46.5 Å². The number of hydrogen-bond acceptors (Lipinski definition) is 3. The molecule has 112 valence electrons. The third kappa shape index (κ3) is 4.53. The fourth-order valence-corrected chi connectivity index (χ4v) is 2.14. The van der Waals surface area contributed by atoms with Gasteiger partial charge < -0.3 is 10.3 Å². The topological polar surface area (TPSA) is 58.4 Å². The number of nitrogens with zero attached hydrogens (tertiary/aromatic N) is 1. The number of nitrogen functional groups attached to an aromatic ring is 1. The Bertz CT molecular complexity index is 424. The third-order valence-electron chi connectivity index (χ3n) is 3.41. The van der Waals surface area contributed by atoms with Crippen molar-refractivity contribution >= 4 is 11.6 Å². The monoisotopic (exact) mass is 277 g/mol. The molecule has 0 aromatic heterocycles. The molecule has 0 aliphatic heterocycles. The summed E-state index contributed by atoms with van der Waals surface area (Å²) >= 11 is 0. The molecule has 0 heterocycles. The Morgan fingerprint density at radius 2 is 1.80 bits per heavy atom. The highest BCUT2D eigenvalue weighted by Crippen LogP contribution is 2.19. The number of rotatable bonds is 8. The zero-order chi connectivity index (χ0) is 15.0. The SMILES string of the molecule is CCCCN(CCCC)C(=O)c1cc(C)ccc1NN. The molecule has 0 aliphatic rings. The molecule has 4 heteroatoms. The molecule has 1 aromatic rings. The Morgan fingerprint density at radius 3 is 2.30 bits per heavy atom. The first kappa shape index (κ1) is 16.5. The molecule has 0 atom stereocenters. The zero-order valence-electron chi connectivity index (χ0n) is 12.9. The van der Waals surface area contributed by atoms with E-state index in [1.54, 1.807) is 0 Å². The summed E-state index contributed by atoms with van der Waals surface area (Å²) in [6.07, 6.45) is 4.25. The number of hydrazine groups is 1. The van der Waals surface area contributed by atoms with E-state index in [0.717, 1.165) is 44.3 Å². The molecule has 0 spiro atoms. The number of nitrogens with one attached hydrogen (secondary N) is 1. The summed E-state index contributed by atoms with van der Waals surface area (Å²) in [6, 6.07) is 5.72. The van der Waals surface area contributed by atoms with E-state index in [1.165, 1.54) is 0 Å². The van der Waals surface area contributed by atoms with Gasteiger partial charge in [0.1, 0.15) is 0 Å². The number of hydrogen-bond donors (Lipinski definition) is 2. The quantitative estimate of drug-likeness (QED) is 0.566. The van der Waals surface area contributed by atoms with Crippen molar-refractivity contribution in [3.63, 3.8) is 0 Å². The van der Waals surface area contributed by atoms with Crippen LogP contribution in [0.3, 0.4) is 0 Å². The van der Waals surface area contributed by atoms with E-state index in [0.29, 0.717) is 11.3 Å². The Kier molecular flexibility index (Phi) is 7.09. The lowest BCUT2D eigenvalue weighted by Crippen LogP contribution is -2.33. The summed E-state index contributed by atoms with van der Waals surface area (Å²) in [6.45, 7) is 7.89. The first-order chi connectivity index (χ1) is 9.63. The fourth-order valence-electron chi connectivity index (χ4n) is 2.14. The molecule has 0 unspecified atom stereocenters. The largest absolute Gasteiger partial charge is 0.339 e. The molecule has 0 saturated heterocycles. The van der Waals surface area contributed by atoms with Crippen molar-refractivity contribution in [3.8, 4) is 0 Å². The number of unbranched alkanes of at least 4 members (excludes halogenated alkanes) is 2. The Morgan fingerprint density at radius 1 is 1.20 bits per heavy atom. The van der Waals surface area contributed by atoms with Crippen LogP contribution in [0.5, 0.6) is 0 Å². The second kappa shape index (κ2) is 8.59. The number of carbonyl (C=O) groups is 1. The number of benzene rings is 1. The van der Waals surface area contributed by atoms with Crippen molar-refractivity contribution < 1.29 is 4.79 Å². The van der Waals surface area contributed by atoms with Gasteiger partial charge in [-0.05, 0) is 31.9 Å². The van der Waals surface area contributed by atoms with Gasteiger partial charge >= 0.3 is 0 Å². The lowest BCUT2D eigenvalue weighted by Gasteiger charge is -2.23. The van der Waals surface area contributed by atoms with Gasteiger partial charge in [-0.1, -0.05) is 38.3 Å². The number of anilines is 1. The Balaban J connectivity index is 2.94. The molecular weight excluding hydrogens is 250 g/mol. The second-order valence-electron chi connectivity index (χ2n) is 5.19. The van der Waals surface area contributed by atoms with Gasteiger partial charge in [-0.15, -0.1) is 0 Å². The molecule has 3 N–H and O–H groups in total. The summed E-state index contributed by atoms with van der Waals surface area (Å²) in [5.41, 5.74) is 5.05. The van der Waals surface area contributed by atoms with Crippen LogP contribution in [0, 0.1) is 6.92 Å². The molecule has 1 rings (SSSR count). The number of carbonyl (C=O) groups excluding carboxylic acids is 1. The minimum absolute atomic E-state index is 0.0727. The summed E-state index contributed by atoms with van der Waals surface area (Å²) < 4.78 is 0. The maximum Gasteiger partial charge on any atom is 0.256 e. The summed E-state index contributed by atoms with van der Waals surface area (Å²) in [7, 11) is 0. The summed E-state index contributed by atoms with van der Waals surface area (Å²) in [5, 5.41) is 0. The van der Waals surface area contributed by atoms with Gasteiger partial charge in [0.2, 0.25) is 0 Å². The maximum absolute atomic E-state index is 12.7. The smallest absolute Gasteiger partial charge is 0.256 e. The van der Waals surface area contributed by atoms with Crippen molar-refractivity contribution in [2.24, 2.45) is 5.84 Å². The molecule has 1 amide bonds. The Labute approximate surface area is 122 Å². The van der Waals surface area contributed by atoms with Crippen molar-refractivity contribution in [1.82, 2.24) is 4.90 Å². The number of amides is 1. The van der Waals surface area contributed by atoms with E-state index < -0.39 is 0 Å². The highest BCUT2D eigenvalue weighted by Gasteiger charge is 2.18. The molecule has 20 heavy (non-hydrogen) atoms. The first-order valence-electron chi connectivity index (χ1n) is 7.50. The molecule has 4 nitrogen and oxygen atoms in total. The van der Waals surface area contributed by atoms with Gasteiger partial charge in [0.15, 0.2) is 0 Å². The fraction of sp³-hybridized carbons (Fsp3) is 0.562. The van der Waals surface area contributed by atoms with E-state index >= 15 is 0 Å². The van der Waals surface area contributed by atoms with Gasteiger partial charge in [-0.3, -0.25) is 10.6 Å². The van der Waals surface area contributed by atoms with Crippen LogP contribution >= 0.6 is 0 Å². The van der Waals surface area contributed by atoms with Crippen LogP contribution in [0.2, 0.25) is 0 Å². The molecule has 0 radical (unpaired) electrons. The normalized spacial score (nSPS) is 10.4. The standard InChI is InChI=1S/C16H27N3O/c1-4-6-10-19(11-7-5-2)16(20)14-12-13(3)8-9-15(14)18-17/h8-9,12,18H,4-7,10-11,17H2,1-3H3. The summed E-state index contributed by atoms with van der Waals surface area (Å²) in [5.74, 6) is 5.59. The van der Waals surface area contributed by atoms with Crippen LogP contribution in [-0.2, 0) is 0 Å². The number of aryl methyl sites for hydroxylation is 1. The third-order valence-corrected chi connectivity index (χ3v) is 3.41. The lowest BCUT2D eigenvalue weighted by molar-refractivity contribution is 0.0752. The van der Waals surface area contributed by atoms with Gasteiger partial charge in [0.25, 0.3) is 5.91 Å². The van der Waals surface area contributed by atoms with Crippen molar-refractivity contribution in [3.05, 3.63) is 29.3 Å². The average molecular weight is 277 g/mol. The zero-order valence-corrected chi connectivity index (χ0v) is 12.9. The Hall–Kier alpha value is -1.55. The highest BCUT2D eigenvalue weighted by molar-refractivity contribution is 5.99. The molecular formula is C16H27N3O. The predicted molar refractivity (Wildman–Crippen MR) is 84.7 cm³/mol. The van der Waals surface area contributed by atoms with E-state index in [-0.39, 0.29) is 5.91 Å². The van der Waals surface area contributed by atoms with E-state index in [1.807, 2.05) is 30.0 Å². The second-order valence-corrected chi connectivity index (χ2v) is 5.19. The molecule has 1 aromatic carbocycles. The van der Waals surface area contributed by atoms with Crippen LogP contribution in [0.15, 0.2) is 18.2 Å². The van der Waals surface area contributed by atoms with Crippen LogP contribution in [0.1, 0.15) is 55.5 Å². The summed E-state index contributed by atoms with van der Waals surface area (Å²) in [4.78, 5) is 14.7. The van der Waals surface area contributed by atoms with E-state index in [9.17, 15) is 4.79 Å². The molecule has 0 fully saturated rings. The van der Waals surface area contributed by atoms with Gasteiger partial charge in [0, 0.05) is 13.1 Å². The lowest BCUT2D eigenvalue weighted by atomic mass is 10.1. The molecule has 0 saturated carbocycles.